The van der Waals surface area contributed by atoms with Crippen LogP contribution in [0.5, 0.6) is 0 Å². The maximum atomic E-state index is 15.8. The number of nitrogens with one attached hydrogen (secondary N) is 2. The standard InChI is InChI=1S/C25H16F2N6/c1-13-8-10-28-12-17(13)16-6-7-18-20(21(16)27)24(33-32-18)25-30-19-9-11-29-22(23(19)31-25)14-2-4-15(26)5-3-14/h2-12H,1H3,(H,30,31)(H,32,33). The third kappa shape index (κ3) is 3.07. The fourth-order valence-electron chi connectivity index (χ4n) is 4.06. The summed E-state index contributed by atoms with van der Waals surface area (Å²) < 4.78 is 29.2. The average molecular weight is 438 g/mol. The number of aryl methyl sites for hydroxylation is 1. The Morgan fingerprint density at radius 2 is 1.67 bits per heavy atom. The van der Waals surface area contributed by atoms with E-state index in [0.29, 0.717) is 39.2 Å². The van der Waals surface area contributed by atoms with Crippen LogP contribution >= 0.6 is 0 Å². The predicted octanol–water partition coefficient (Wildman–Crippen LogP) is 5.82. The number of fused-ring (bicyclic) bond motifs is 2. The first kappa shape index (κ1) is 19.2. The van der Waals surface area contributed by atoms with Crippen molar-refractivity contribution < 1.29 is 8.78 Å². The Kier molecular flexibility index (Phi) is 4.26. The minimum atomic E-state index is -0.398. The molecule has 4 heterocycles. The molecule has 0 spiro atoms. The second-order valence-corrected chi connectivity index (χ2v) is 7.76. The van der Waals surface area contributed by atoms with E-state index in [1.54, 1.807) is 48.9 Å². The smallest absolute Gasteiger partial charge is 0.159 e. The van der Waals surface area contributed by atoms with Crippen molar-refractivity contribution in [3.8, 4) is 33.9 Å². The van der Waals surface area contributed by atoms with Gasteiger partial charge in [0.1, 0.15) is 22.8 Å². The number of aromatic nitrogens is 6. The Labute approximate surface area is 186 Å². The van der Waals surface area contributed by atoms with E-state index in [1.807, 2.05) is 13.0 Å². The van der Waals surface area contributed by atoms with Gasteiger partial charge in [-0.15, -0.1) is 0 Å². The number of nitrogens with zero attached hydrogens (tertiary/aromatic N) is 4. The highest BCUT2D eigenvalue weighted by molar-refractivity contribution is 5.98. The van der Waals surface area contributed by atoms with Gasteiger partial charge in [0.25, 0.3) is 0 Å². The molecule has 160 valence electrons. The average Bonchev–Trinajstić information content (AvgIpc) is 3.45. The normalized spacial score (nSPS) is 11.5. The van der Waals surface area contributed by atoms with Gasteiger partial charge in [0.05, 0.1) is 22.1 Å². The summed E-state index contributed by atoms with van der Waals surface area (Å²) in [4.78, 5) is 16.5. The fraction of sp³-hybridized carbons (Fsp3) is 0.0400. The number of hydrogen-bond acceptors (Lipinski definition) is 4. The number of imidazole rings is 1. The highest BCUT2D eigenvalue weighted by atomic mass is 19.1. The molecule has 8 heteroatoms. The second kappa shape index (κ2) is 7.30. The van der Waals surface area contributed by atoms with E-state index in [2.05, 4.69) is 25.1 Å². The summed E-state index contributed by atoms with van der Waals surface area (Å²) in [5.41, 5.74) is 5.65. The van der Waals surface area contributed by atoms with Crippen LogP contribution in [0.4, 0.5) is 8.78 Å². The zero-order valence-corrected chi connectivity index (χ0v) is 17.4. The Hall–Kier alpha value is -4.46. The van der Waals surface area contributed by atoms with Gasteiger partial charge in [-0.1, -0.05) is 0 Å². The molecule has 0 amide bonds. The van der Waals surface area contributed by atoms with E-state index in [0.717, 1.165) is 22.2 Å². The molecule has 4 aromatic heterocycles. The van der Waals surface area contributed by atoms with Gasteiger partial charge in [0, 0.05) is 35.3 Å². The summed E-state index contributed by atoms with van der Waals surface area (Å²) in [7, 11) is 0. The topological polar surface area (TPSA) is 83.1 Å². The SMILES string of the molecule is Cc1ccncc1-c1ccc2[nH]nc(-c3nc4c(-c5ccc(F)cc5)nccc4[nH]3)c2c1F. The zero-order valence-electron chi connectivity index (χ0n) is 17.4. The molecule has 0 aliphatic rings. The Morgan fingerprint density at radius 1 is 0.818 bits per heavy atom. The third-order valence-electron chi connectivity index (χ3n) is 5.74. The first-order valence-electron chi connectivity index (χ1n) is 10.3. The maximum Gasteiger partial charge on any atom is 0.159 e. The van der Waals surface area contributed by atoms with Crippen molar-refractivity contribution in [3.63, 3.8) is 0 Å². The Balaban J connectivity index is 1.55. The van der Waals surface area contributed by atoms with Crippen LogP contribution in [0.3, 0.4) is 0 Å². The first-order chi connectivity index (χ1) is 16.1. The van der Waals surface area contributed by atoms with Gasteiger partial charge in [-0.05, 0) is 61.0 Å². The molecule has 33 heavy (non-hydrogen) atoms. The number of rotatable bonds is 3. The van der Waals surface area contributed by atoms with E-state index >= 15 is 4.39 Å². The summed E-state index contributed by atoms with van der Waals surface area (Å²) in [5, 5.41) is 7.58. The van der Waals surface area contributed by atoms with E-state index in [9.17, 15) is 4.39 Å². The van der Waals surface area contributed by atoms with Crippen LogP contribution in [0.1, 0.15) is 5.56 Å². The Bertz CT molecular complexity index is 1650. The summed E-state index contributed by atoms with van der Waals surface area (Å²) in [6.45, 7) is 1.92. The van der Waals surface area contributed by atoms with Gasteiger partial charge < -0.3 is 4.98 Å². The van der Waals surface area contributed by atoms with E-state index in [4.69, 9.17) is 4.98 Å². The number of hydrogen-bond donors (Lipinski definition) is 2. The van der Waals surface area contributed by atoms with Crippen molar-refractivity contribution in [1.82, 2.24) is 30.1 Å². The van der Waals surface area contributed by atoms with Gasteiger partial charge >= 0.3 is 0 Å². The summed E-state index contributed by atoms with van der Waals surface area (Å²) >= 11 is 0. The van der Waals surface area contributed by atoms with Gasteiger partial charge in [-0.2, -0.15) is 5.10 Å². The fourth-order valence-corrected chi connectivity index (χ4v) is 4.06. The summed E-state index contributed by atoms with van der Waals surface area (Å²) in [6, 6.07) is 13.2. The predicted molar refractivity (Wildman–Crippen MR) is 122 cm³/mol. The van der Waals surface area contributed by atoms with Crippen LogP contribution < -0.4 is 0 Å². The minimum absolute atomic E-state index is 0.327. The summed E-state index contributed by atoms with van der Waals surface area (Å²) in [6.07, 6.45) is 4.98. The first-order valence-corrected chi connectivity index (χ1v) is 10.3. The molecule has 0 bridgehead atoms. The zero-order chi connectivity index (χ0) is 22.5. The molecule has 2 aromatic carbocycles. The molecule has 0 atom stereocenters. The molecular formula is C25H16F2N6. The number of benzene rings is 2. The van der Waals surface area contributed by atoms with Crippen LogP contribution in [-0.2, 0) is 0 Å². The van der Waals surface area contributed by atoms with Crippen molar-refractivity contribution in [2.24, 2.45) is 0 Å². The molecule has 0 radical (unpaired) electrons. The van der Waals surface area contributed by atoms with Gasteiger partial charge in [0.2, 0.25) is 0 Å². The molecule has 0 unspecified atom stereocenters. The van der Waals surface area contributed by atoms with Crippen molar-refractivity contribution >= 4 is 21.9 Å². The van der Waals surface area contributed by atoms with Crippen molar-refractivity contribution in [2.75, 3.05) is 0 Å². The van der Waals surface area contributed by atoms with Gasteiger partial charge in [-0.25, -0.2) is 13.8 Å². The molecule has 6 nitrogen and oxygen atoms in total. The van der Waals surface area contributed by atoms with Gasteiger partial charge in [-0.3, -0.25) is 15.1 Å². The largest absolute Gasteiger partial charge is 0.336 e. The van der Waals surface area contributed by atoms with Crippen molar-refractivity contribution in [2.45, 2.75) is 6.92 Å². The number of H-pyrrole nitrogens is 2. The molecule has 0 fully saturated rings. The number of pyridine rings is 2. The van der Waals surface area contributed by atoms with Crippen molar-refractivity contribution in [3.05, 3.63) is 84.3 Å². The quantitative estimate of drug-likeness (QED) is 0.365. The van der Waals surface area contributed by atoms with E-state index in [-0.39, 0.29) is 5.82 Å². The highest BCUT2D eigenvalue weighted by Crippen LogP contribution is 2.35. The van der Waals surface area contributed by atoms with Crippen LogP contribution in [0.2, 0.25) is 0 Å². The molecule has 6 rings (SSSR count). The highest BCUT2D eigenvalue weighted by Gasteiger charge is 2.21. The molecule has 6 aromatic rings. The van der Waals surface area contributed by atoms with E-state index < -0.39 is 5.82 Å². The lowest BCUT2D eigenvalue weighted by atomic mass is 10.00. The van der Waals surface area contributed by atoms with Crippen molar-refractivity contribution in [1.29, 1.82) is 0 Å². The Morgan fingerprint density at radius 3 is 2.48 bits per heavy atom. The van der Waals surface area contributed by atoms with E-state index in [1.165, 1.54) is 12.1 Å². The molecule has 0 saturated carbocycles. The molecule has 2 N–H and O–H groups in total. The lowest BCUT2D eigenvalue weighted by Crippen LogP contribution is -1.91. The summed E-state index contributed by atoms with van der Waals surface area (Å²) in [5.74, 6) is -0.317. The molecule has 0 aliphatic carbocycles. The minimum Gasteiger partial charge on any atom is -0.336 e. The van der Waals surface area contributed by atoms with Crippen LogP contribution in [0.15, 0.2) is 67.1 Å². The number of aromatic amines is 2. The molecule has 0 saturated heterocycles. The maximum absolute atomic E-state index is 15.8. The molecule has 0 aliphatic heterocycles. The second-order valence-electron chi connectivity index (χ2n) is 7.76. The third-order valence-corrected chi connectivity index (χ3v) is 5.74. The lowest BCUT2D eigenvalue weighted by molar-refractivity contribution is 0.628. The lowest BCUT2D eigenvalue weighted by Gasteiger charge is -2.07. The molecular weight excluding hydrogens is 422 g/mol. The monoisotopic (exact) mass is 438 g/mol. The van der Waals surface area contributed by atoms with Gasteiger partial charge in [0.15, 0.2) is 5.82 Å². The van der Waals surface area contributed by atoms with Crippen LogP contribution in [-0.4, -0.2) is 30.1 Å². The number of halogens is 2. The van der Waals surface area contributed by atoms with Crippen LogP contribution in [0.25, 0.3) is 55.8 Å². The van der Waals surface area contributed by atoms with Crippen LogP contribution in [0, 0.1) is 18.6 Å².